The zero-order valence-corrected chi connectivity index (χ0v) is 15.6. The van der Waals surface area contributed by atoms with Crippen molar-refractivity contribution in [3.63, 3.8) is 0 Å². The summed E-state index contributed by atoms with van der Waals surface area (Å²) in [5.74, 6) is 1.69. The molecule has 0 saturated carbocycles. The van der Waals surface area contributed by atoms with Gasteiger partial charge in [0.05, 0.1) is 12.8 Å². The largest absolute Gasteiger partial charge is 0.495 e. The first-order chi connectivity index (χ1) is 12.5. The van der Waals surface area contributed by atoms with E-state index in [0.717, 1.165) is 22.5 Å². The third-order valence-electron chi connectivity index (χ3n) is 3.93. The second-order valence-electron chi connectivity index (χ2n) is 5.90. The van der Waals surface area contributed by atoms with Crippen LogP contribution in [0.2, 0.25) is 5.02 Å². The predicted molar refractivity (Wildman–Crippen MR) is 107 cm³/mol. The van der Waals surface area contributed by atoms with Gasteiger partial charge in [-0.05, 0) is 49.2 Å². The Morgan fingerprint density at radius 2 is 1.73 bits per heavy atom. The number of nitrogens with two attached hydrogens (primary N) is 1. The first-order valence-electron chi connectivity index (χ1n) is 8.03. The van der Waals surface area contributed by atoms with Crippen LogP contribution in [0, 0.1) is 13.8 Å². The van der Waals surface area contributed by atoms with Crippen LogP contribution >= 0.6 is 11.6 Å². The van der Waals surface area contributed by atoms with Crippen LogP contribution in [0.4, 0.5) is 28.7 Å². The lowest BCUT2D eigenvalue weighted by atomic mass is 10.2. The predicted octanol–water partition coefficient (Wildman–Crippen LogP) is 4.82. The van der Waals surface area contributed by atoms with E-state index in [1.165, 1.54) is 6.33 Å². The molecular formula is C19H20ClN5O. The average molecular weight is 370 g/mol. The number of ether oxygens (including phenoxy) is 1. The molecule has 0 bridgehead atoms. The van der Waals surface area contributed by atoms with Crippen LogP contribution in [0.1, 0.15) is 11.1 Å². The van der Waals surface area contributed by atoms with Crippen LogP contribution in [-0.4, -0.2) is 17.1 Å². The van der Waals surface area contributed by atoms with Gasteiger partial charge in [0.2, 0.25) is 0 Å². The summed E-state index contributed by atoms with van der Waals surface area (Å²) in [7, 11) is 1.62. The third-order valence-corrected chi connectivity index (χ3v) is 4.33. The van der Waals surface area contributed by atoms with Crippen LogP contribution in [0.25, 0.3) is 0 Å². The Kier molecular flexibility index (Phi) is 5.14. The lowest BCUT2D eigenvalue weighted by Gasteiger charge is -2.15. The summed E-state index contributed by atoms with van der Waals surface area (Å²) in [4.78, 5) is 8.47. The minimum Gasteiger partial charge on any atom is -0.495 e. The van der Waals surface area contributed by atoms with Gasteiger partial charge in [0.15, 0.2) is 11.6 Å². The number of methoxy groups -OCH3 is 1. The summed E-state index contributed by atoms with van der Waals surface area (Å²) in [6, 6.07) is 11.5. The van der Waals surface area contributed by atoms with Crippen molar-refractivity contribution in [2.75, 3.05) is 23.5 Å². The molecule has 0 aliphatic rings. The first-order valence-corrected chi connectivity index (χ1v) is 8.41. The van der Waals surface area contributed by atoms with Crippen molar-refractivity contribution in [2.45, 2.75) is 13.8 Å². The van der Waals surface area contributed by atoms with Crippen LogP contribution in [-0.2, 0) is 0 Å². The average Bonchev–Trinajstić information content (AvgIpc) is 2.62. The molecule has 7 heteroatoms. The number of nitrogens with zero attached hydrogens (tertiary/aromatic N) is 2. The highest BCUT2D eigenvalue weighted by Gasteiger charge is 2.11. The highest BCUT2D eigenvalue weighted by Crippen LogP contribution is 2.33. The molecule has 134 valence electrons. The van der Waals surface area contributed by atoms with Gasteiger partial charge in [-0.2, -0.15) is 0 Å². The van der Waals surface area contributed by atoms with E-state index in [4.69, 9.17) is 22.1 Å². The molecule has 4 N–H and O–H groups in total. The maximum absolute atomic E-state index is 6.25. The number of nitrogens with one attached hydrogen (secondary N) is 2. The van der Waals surface area contributed by atoms with Crippen molar-refractivity contribution < 1.29 is 4.74 Å². The van der Waals surface area contributed by atoms with Crippen LogP contribution in [0.5, 0.6) is 5.75 Å². The van der Waals surface area contributed by atoms with Gasteiger partial charge in [0.1, 0.15) is 17.8 Å². The molecule has 0 amide bonds. The monoisotopic (exact) mass is 369 g/mol. The smallest absolute Gasteiger partial charge is 0.159 e. The van der Waals surface area contributed by atoms with Gasteiger partial charge in [-0.15, -0.1) is 0 Å². The van der Waals surface area contributed by atoms with E-state index < -0.39 is 0 Å². The Hall–Kier alpha value is -2.99. The van der Waals surface area contributed by atoms with Crippen LogP contribution in [0.15, 0.2) is 42.7 Å². The van der Waals surface area contributed by atoms with E-state index in [2.05, 4.69) is 20.6 Å². The summed E-state index contributed by atoms with van der Waals surface area (Å²) in [5.41, 5.74) is 10.3. The van der Waals surface area contributed by atoms with Gasteiger partial charge >= 0.3 is 0 Å². The molecule has 0 fully saturated rings. The molecule has 26 heavy (non-hydrogen) atoms. The molecular weight excluding hydrogens is 350 g/mol. The minimum atomic E-state index is 0.396. The van der Waals surface area contributed by atoms with Crippen molar-refractivity contribution in [1.82, 2.24) is 9.97 Å². The van der Waals surface area contributed by atoms with Crippen molar-refractivity contribution in [1.29, 1.82) is 0 Å². The highest BCUT2D eigenvalue weighted by molar-refractivity contribution is 6.31. The molecule has 2 aromatic carbocycles. The van der Waals surface area contributed by atoms with E-state index in [1.54, 1.807) is 7.11 Å². The SMILES string of the molecule is COc1ccc(C)cc1Nc1ncnc(Nc2ccc(C)c(Cl)c2)c1N. The fourth-order valence-electron chi connectivity index (χ4n) is 2.45. The molecule has 0 unspecified atom stereocenters. The molecule has 0 aliphatic carbocycles. The third kappa shape index (κ3) is 3.81. The van der Waals surface area contributed by atoms with Gasteiger partial charge in [-0.25, -0.2) is 9.97 Å². The molecule has 3 aromatic rings. The number of hydrogen-bond acceptors (Lipinski definition) is 6. The Balaban J connectivity index is 1.90. The van der Waals surface area contributed by atoms with Crippen LogP contribution in [0.3, 0.4) is 0 Å². The van der Waals surface area contributed by atoms with E-state index in [1.807, 2.05) is 50.2 Å². The molecule has 1 aromatic heterocycles. The fourth-order valence-corrected chi connectivity index (χ4v) is 2.63. The number of anilines is 5. The Morgan fingerprint density at radius 3 is 2.42 bits per heavy atom. The number of nitrogen functional groups attached to an aromatic ring is 1. The molecule has 0 spiro atoms. The summed E-state index contributed by atoms with van der Waals surface area (Å²) in [6.45, 7) is 3.95. The molecule has 0 aliphatic heterocycles. The molecule has 0 radical (unpaired) electrons. The van der Waals surface area contributed by atoms with Crippen molar-refractivity contribution in [2.24, 2.45) is 0 Å². The molecule has 0 saturated heterocycles. The lowest BCUT2D eigenvalue weighted by molar-refractivity contribution is 0.416. The standard InChI is InChI=1S/C19H20ClN5O/c1-11-4-7-16(26-3)15(8-11)25-19-17(21)18(22-10-23-19)24-13-6-5-12(2)14(20)9-13/h4-10H,21H2,1-3H3,(H2,22,23,24,25). The Bertz CT molecular complexity index is 945. The summed E-state index contributed by atoms with van der Waals surface area (Å²) < 4.78 is 5.39. The summed E-state index contributed by atoms with van der Waals surface area (Å²) in [5, 5.41) is 7.06. The molecule has 1 heterocycles. The second kappa shape index (κ2) is 7.49. The van der Waals surface area contributed by atoms with Gasteiger partial charge in [-0.1, -0.05) is 23.7 Å². The lowest BCUT2D eigenvalue weighted by Crippen LogP contribution is -2.06. The first kappa shape index (κ1) is 17.8. The zero-order chi connectivity index (χ0) is 18.7. The van der Waals surface area contributed by atoms with Crippen LogP contribution < -0.4 is 21.1 Å². The number of hydrogen-bond donors (Lipinski definition) is 3. The van der Waals surface area contributed by atoms with Gasteiger partial charge in [0.25, 0.3) is 0 Å². The van der Waals surface area contributed by atoms with E-state index in [0.29, 0.717) is 28.1 Å². The van der Waals surface area contributed by atoms with Crippen molar-refractivity contribution >= 4 is 40.3 Å². The van der Waals surface area contributed by atoms with Gasteiger partial charge < -0.3 is 21.1 Å². The van der Waals surface area contributed by atoms with E-state index in [9.17, 15) is 0 Å². The maximum Gasteiger partial charge on any atom is 0.159 e. The number of aryl methyl sites for hydroxylation is 2. The second-order valence-corrected chi connectivity index (χ2v) is 6.31. The van der Waals surface area contributed by atoms with E-state index in [-0.39, 0.29) is 0 Å². The molecule has 0 atom stereocenters. The molecule has 6 nitrogen and oxygen atoms in total. The highest BCUT2D eigenvalue weighted by atomic mass is 35.5. The summed E-state index contributed by atoms with van der Waals surface area (Å²) >= 11 is 6.18. The Labute approximate surface area is 157 Å². The number of halogens is 1. The zero-order valence-electron chi connectivity index (χ0n) is 14.8. The minimum absolute atomic E-state index is 0.396. The topological polar surface area (TPSA) is 85.1 Å². The van der Waals surface area contributed by atoms with E-state index >= 15 is 0 Å². The summed E-state index contributed by atoms with van der Waals surface area (Å²) in [6.07, 6.45) is 1.44. The number of aromatic nitrogens is 2. The fraction of sp³-hybridized carbons (Fsp3) is 0.158. The van der Waals surface area contributed by atoms with Gasteiger partial charge in [-0.3, -0.25) is 0 Å². The van der Waals surface area contributed by atoms with Crippen molar-refractivity contribution in [3.05, 3.63) is 58.9 Å². The normalized spacial score (nSPS) is 10.5. The number of rotatable bonds is 5. The maximum atomic E-state index is 6.25. The van der Waals surface area contributed by atoms with Crippen molar-refractivity contribution in [3.8, 4) is 5.75 Å². The molecule has 3 rings (SSSR count). The van der Waals surface area contributed by atoms with Gasteiger partial charge in [0, 0.05) is 10.7 Å². The Morgan fingerprint density at radius 1 is 1.00 bits per heavy atom. The quantitative estimate of drug-likeness (QED) is 0.597. The number of benzene rings is 2.